The molecule has 1 aliphatic rings. The molecule has 1 unspecified atom stereocenters. The lowest BCUT2D eigenvalue weighted by molar-refractivity contribution is 0.478. The molecule has 0 radical (unpaired) electrons. The van der Waals surface area contributed by atoms with E-state index in [0.29, 0.717) is 5.69 Å². The van der Waals surface area contributed by atoms with Gasteiger partial charge in [-0.15, -0.1) is 0 Å². The zero-order valence-corrected chi connectivity index (χ0v) is 41.7. The Morgan fingerprint density at radius 2 is 0.986 bits per heavy atom. The summed E-state index contributed by atoms with van der Waals surface area (Å²) in [6, 6.07) is 73.5. The minimum Gasteiger partial charge on any atom is -0.505 e. The highest BCUT2D eigenvalue weighted by molar-refractivity contribution is 6.28. The summed E-state index contributed by atoms with van der Waals surface area (Å²) in [6.07, 6.45) is 5.54. The molecule has 4 nitrogen and oxygen atoms in total. The van der Waals surface area contributed by atoms with Crippen LogP contribution < -0.4 is 9.80 Å². The number of allylic oxidation sites excluding steroid dienone is 2. The maximum absolute atomic E-state index is 12.7. The minimum absolute atomic E-state index is 0.223. The predicted molar refractivity (Wildman–Crippen MR) is 309 cm³/mol. The molecule has 1 aromatic heterocycles. The van der Waals surface area contributed by atoms with Crippen molar-refractivity contribution < 1.29 is 9.52 Å². The number of benzene rings is 11. The number of aryl methyl sites for hydroxylation is 2. The smallest absolute Gasteiger partial charge is 0.159 e. The van der Waals surface area contributed by atoms with Crippen LogP contribution >= 0.6 is 0 Å². The Bertz CT molecular complexity index is 4220. The number of furan rings is 1. The molecule has 0 amide bonds. The van der Waals surface area contributed by atoms with Crippen molar-refractivity contribution in [1.29, 1.82) is 0 Å². The highest BCUT2D eigenvalue weighted by Gasteiger charge is 2.38. The van der Waals surface area contributed by atoms with Gasteiger partial charge in [-0.3, -0.25) is 0 Å². The molecule has 1 heterocycles. The van der Waals surface area contributed by atoms with Crippen LogP contribution in [0.25, 0.3) is 87.6 Å². The number of aromatic hydroxyl groups is 1. The Hall–Kier alpha value is -8.86. The first-order valence-electron chi connectivity index (χ1n) is 25.4. The van der Waals surface area contributed by atoms with Gasteiger partial charge in [-0.2, -0.15) is 0 Å². The van der Waals surface area contributed by atoms with E-state index in [4.69, 9.17) is 4.42 Å². The third kappa shape index (κ3) is 7.04. The number of anilines is 5. The topological polar surface area (TPSA) is 39.9 Å². The van der Waals surface area contributed by atoms with Crippen molar-refractivity contribution in [3.8, 4) is 39.1 Å². The van der Waals surface area contributed by atoms with Gasteiger partial charge in [0, 0.05) is 44.0 Å². The first-order chi connectivity index (χ1) is 35.7. The maximum atomic E-state index is 12.7. The summed E-state index contributed by atoms with van der Waals surface area (Å²) >= 11 is 0. The summed E-state index contributed by atoms with van der Waals surface area (Å²) in [5.74, 6) is 0.223. The monoisotopic (exact) mass is 942 g/mol. The van der Waals surface area contributed by atoms with Crippen molar-refractivity contribution in [2.24, 2.45) is 0 Å². The quantitative estimate of drug-likeness (QED) is 0.146. The normalized spacial score (nSPS) is 14.9. The van der Waals surface area contributed by atoms with Crippen LogP contribution in [0.5, 0.6) is 5.75 Å². The first kappa shape index (κ1) is 44.1. The average molecular weight is 943 g/mol. The van der Waals surface area contributed by atoms with E-state index in [2.05, 4.69) is 251 Å². The fraction of sp³-hybridized carbons (Fsp3) is 0.101. The van der Waals surface area contributed by atoms with E-state index in [9.17, 15) is 5.11 Å². The highest BCUT2D eigenvalue weighted by atomic mass is 16.3. The standard InChI is InChI=1S/C69H54N2O2/c1-43-39-40-69(5,46(4)41-43)71(63-30-16-27-56-55-26-14-25-54(67(55)73-68(56)63)47-19-7-6-8-20-47)61-38-34-49-31-35-57-60(37-33-48-32-36-58(61)65(49)64(48)57)70(59-28-12-10-18-45(59)3)62-29-15-24-53(66(62)72)51-22-13-21-50(42-51)52-23-11-9-17-44(52)2/h6-39,41-42,72H,40H2,1-5H3. The molecule has 13 rings (SSSR count). The fourth-order valence-corrected chi connectivity index (χ4v) is 11.9. The molecule has 0 fully saturated rings. The van der Waals surface area contributed by atoms with Crippen molar-refractivity contribution in [2.45, 2.75) is 46.6 Å². The molecule has 352 valence electrons. The summed E-state index contributed by atoms with van der Waals surface area (Å²) in [6.45, 7) is 11.2. The number of hydrogen-bond donors (Lipinski definition) is 1. The van der Waals surface area contributed by atoms with Gasteiger partial charge in [0.2, 0.25) is 0 Å². The van der Waals surface area contributed by atoms with E-state index in [1.54, 1.807) is 0 Å². The zero-order valence-electron chi connectivity index (χ0n) is 41.7. The Balaban J connectivity index is 1.03. The zero-order chi connectivity index (χ0) is 49.5. The molecule has 4 heteroatoms. The van der Waals surface area contributed by atoms with Gasteiger partial charge >= 0.3 is 0 Å². The number of phenolic OH excluding ortho intramolecular Hbond substituents is 1. The van der Waals surface area contributed by atoms with E-state index in [1.807, 2.05) is 12.1 Å². The van der Waals surface area contributed by atoms with Gasteiger partial charge < -0.3 is 19.3 Å². The van der Waals surface area contributed by atoms with Crippen LogP contribution in [0.3, 0.4) is 0 Å². The number of hydrogen-bond acceptors (Lipinski definition) is 4. The van der Waals surface area contributed by atoms with Gasteiger partial charge in [0.1, 0.15) is 11.3 Å². The molecule has 11 aromatic carbocycles. The van der Waals surface area contributed by atoms with Crippen LogP contribution in [-0.4, -0.2) is 10.6 Å². The molecule has 1 atom stereocenters. The van der Waals surface area contributed by atoms with E-state index in [0.717, 1.165) is 101 Å². The van der Waals surface area contributed by atoms with Crippen molar-refractivity contribution >= 4 is 82.7 Å². The lowest BCUT2D eigenvalue weighted by atomic mass is 9.80. The molecular weight excluding hydrogens is 889 g/mol. The molecule has 0 aliphatic heterocycles. The molecule has 0 bridgehead atoms. The van der Waals surface area contributed by atoms with Crippen LogP contribution in [0.15, 0.2) is 234 Å². The van der Waals surface area contributed by atoms with Gasteiger partial charge in [-0.1, -0.05) is 188 Å². The molecule has 0 spiro atoms. The number of fused-ring (bicyclic) bond motifs is 3. The van der Waals surface area contributed by atoms with Crippen LogP contribution in [-0.2, 0) is 0 Å². The summed E-state index contributed by atoms with van der Waals surface area (Å²) in [4.78, 5) is 4.83. The van der Waals surface area contributed by atoms with Gasteiger partial charge in [0.05, 0.1) is 22.6 Å². The maximum Gasteiger partial charge on any atom is 0.159 e. The number of phenols is 1. The van der Waals surface area contributed by atoms with Gasteiger partial charge in [0.15, 0.2) is 5.58 Å². The Labute approximate surface area is 426 Å². The fourth-order valence-electron chi connectivity index (χ4n) is 11.9. The van der Waals surface area contributed by atoms with Crippen LogP contribution in [0.4, 0.5) is 28.4 Å². The van der Waals surface area contributed by atoms with E-state index in [1.165, 1.54) is 38.4 Å². The second-order valence-corrected chi connectivity index (χ2v) is 20.2. The second-order valence-electron chi connectivity index (χ2n) is 20.2. The highest BCUT2D eigenvalue weighted by Crippen LogP contribution is 2.53. The molecule has 12 aromatic rings. The van der Waals surface area contributed by atoms with Gasteiger partial charge in [0.25, 0.3) is 0 Å². The third-order valence-electron chi connectivity index (χ3n) is 15.8. The molecule has 0 saturated heterocycles. The number of nitrogens with zero attached hydrogens (tertiary/aromatic N) is 2. The van der Waals surface area contributed by atoms with Crippen LogP contribution in [0.1, 0.15) is 38.3 Å². The van der Waals surface area contributed by atoms with Crippen LogP contribution in [0, 0.1) is 13.8 Å². The Morgan fingerprint density at radius 1 is 0.438 bits per heavy atom. The first-order valence-corrected chi connectivity index (χ1v) is 25.4. The molecule has 1 aliphatic carbocycles. The molecular formula is C69H54N2O2. The minimum atomic E-state index is -0.438. The molecule has 73 heavy (non-hydrogen) atoms. The largest absolute Gasteiger partial charge is 0.505 e. The second kappa shape index (κ2) is 17.2. The van der Waals surface area contributed by atoms with E-state index < -0.39 is 5.54 Å². The van der Waals surface area contributed by atoms with Crippen molar-refractivity contribution in [3.05, 3.63) is 241 Å². The van der Waals surface area contributed by atoms with Crippen molar-refractivity contribution in [1.82, 2.24) is 0 Å². The lowest BCUT2D eigenvalue weighted by Crippen LogP contribution is -2.45. The SMILES string of the molecule is CC1=CCC(C)(N(c2ccc3ccc4c(N(c5ccccc5C)c5cccc(-c6cccc(-c7ccccc7C)c6)c5O)ccc5ccc2c3c54)c2cccc3c2oc2c(-c4ccccc4)cccc23)C(C)=C1. The van der Waals surface area contributed by atoms with Crippen molar-refractivity contribution in [2.75, 3.05) is 9.80 Å². The molecule has 0 saturated carbocycles. The predicted octanol–water partition coefficient (Wildman–Crippen LogP) is 19.5. The average Bonchev–Trinajstić information content (AvgIpc) is 3.81. The Morgan fingerprint density at radius 3 is 1.73 bits per heavy atom. The summed E-state index contributed by atoms with van der Waals surface area (Å²) in [7, 11) is 0. The van der Waals surface area contributed by atoms with Gasteiger partial charge in [-0.05, 0) is 138 Å². The molecule has 1 N–H and O–H groups in total. The number of para-hydroxylation sites is 4. The summed E-state index contributed by atoms with van der Waals surface area (Å²) in [5.41, 5.74) is 17.2. The Kier molecular flexibility index (Phi) is 10.4. The van der Waals surface area contributed by atoms with E-state index >= 15 is 0 Å². The summed E-state index contributed by atoms with van der Waals surface area (Å²) < 4.78 is 7.20. The third-order valence-corrected chi connectivity index (χ3v) is 15.8. The number of rotatable bonds is 9. The van der Waals surface area contributed by atoms with Gasteiger partial charge in [-0.25, -0.2) is 0 Å². The van der Waals surface area contributed by atoms with Crippen LogP contribution in [0.2, 0.25) is 0 Å². The van der Waals surface area contributed by atoms with E-state index in [-0.39, 0.29) is 5.75 Å². The summed E-state index contributed by atoms with van der Waals surface area (Å²) in [5, 5.41) is 21.9. The lowest BCUT2D eigenvalue weighted by Gasteiger charge is -2.45. The van der Waals surface area contributed by atoms with Crippen molar-refractivity contribution in [3.63, 3.8) is 0 Å².